The number of sulfonamides is 1. The summed E-state index contributed by atoms with van der Waals surface area (Å²) in [5.74, 6) is -0.499. The van der Waals surface area contributed by atoms with Crippen LogP contribution in [-0.4, -0.2) is 20.7 Å². The predicted molar refractivity (Wildman–Crippen MR) is 84.2 cm³/mol. The van der Waals surface area contributed by atoms with E-state index in [1.54, 1.807) is 11.8 Å². The fraction of sp³-hybridized carbons (Fsp3) is 0.200. The largest absolute Gasteiger partial charge is 0.240 e. The molecular weight excluding hydrogens is 328 g/mol. The Morgan fingerprint density at radius 1 is 1.00 bits per heavy atom. The summed E-state index contributed by atoms with van der Waals surface area (Å²) in [4.78, 5) is -0.405. The molecule has 0 aliphatic carbocycles. The highest BCUT2D eigenvalue weighted by molar-refractivity contribution is 7.98. The maximum Gasteiger partial charge on any atom is 0.240 e. The molecule has 0 bridgehead atoms. The SMILES string of the molecule is O=S(=O)(NCCSCc1ccccc1)c1cc(F)cc(F)c1. The molecule has 0 unspecified atom stereocenters. The zero-order valence-electron chi connectivity index (χ0n) is 11.6. The molecule has 0 fully saturated rings. The molecule has 0 radical (unpaired) electrons. The lowest BCUT2D eigenvalue weighted by Crippen LogP contribution is -2.26. The average molecular weight is 343 g/mol. The van der Waals surface area contributed by atoms with Crippen LogP contribution in [-0.2, 0) is 15.8 Å². The van der Waals surface area contributed by atoms with E-state index in [2.05, 4.69) is 4.72 Å². The van der Waals surface area contributed by atoms with Crippen LogP contribution in [0, 0.1) is 11.6 Å². The van der Waals surface area contributed by atoms with Crippen molar-refractivity contribution in [2.45, 2.75) is 10.6 Å². The van der Waals surface area contributed by atoms with Crippen LogP contribution in [0.5, 0.6) is 0 Å². The van der Waals surface area contributed by atoms with Crippen molar-refractivity contribution in [1.29, 1.82) is 0 Å². The van der Waals surface area contributed by atoms with Gasteiger partial charge in [0.1, 0.15) is 11.6 Å². The summed E-state index contributed by atoms with van der Waals surface area (Å²) in [6.45, 7) is 0.192. The molecule has 2 rings (SSSR count). The second-order valence-corrected chi connectivity index (χ2v) is 7.41. The molecule has 22 heavy (non-hydrogen) atoms. The van der Waals surface area contributed by atoms with E-state index in [0.29, 0.717) is 11.8 Å². The van der Waals surface area contributed by atoms with Gasteiger partial charge in [-0.05, 0) is 17.7 Å². The monoisotopic (exact) mass is 343 g/mol. The number of hydrogen-bond acceptors (Lipinski definition) is 3. The molecule has 0 atom stereocenters. The van der Waals surface area contributed by atoms with Gasteiger partial charge in [0.15, 0.2) is 0 Å². The lowest BCUT2D eigenvalue weighted by Gasteiger charge is -2.07. The molecule has 0 spiro atoms. The minimum atomic E-state index is -3.89. The van der Waals surface area contributed by atoms with Gasteiger partial charge < -0.3 is 0 Å². The van der Waals surface area contributed by atoms with Gasteiger partial charge in [-0.2, -0.15) is 11.8 Å². The number of nitrogens with one attached hydrogen (secondary N) is 1. The third kappa shape index (κ3) is 5.08. The van der Waals surface area contributed by atoms with E-state index in [0.717, 1.165) is 23.4 Å². The van der Waals surface area contributed by atoms with Crippen LogP contribution in [0.2, 0.25) is 0 Å². The number of benzene rings is 2. The van der Waals surface area contributed by atoms with E-state index in [9.17, 15) is 17.2 Å². The van der Waals surface area contributed by atoms with Gasteiger partial charge in [0.2, 0.25) is 10.0 Å². The molecule has 0 aliphatic rings. The van der Waals surface area contributed by atoms with Crippen molar-refractivity contribution >= 4 is 21.8 Å². The van der Waals surface area contributed by atoms with Gasteiger partial charge in [-0.15, -0.1) is 0 Å². The fourth-order valence-corrected chi connectivity index (χ4v) is 3.80. The van der Waals surface area contributed by atoms with E-state index >= 15 is 0 Å². The molecule has 0 aliphatic heterocycles. The Balaban J connectivity index is 1.83. The van der Waals surface area contributed by atoms with Crippen molar-refractivity contribution in [2.75, 3.05) is 12.3 Å². The lowest BCUT2D eigenvalue weighted by molar-refractivity contribution is 0.562. The van der Waals surface area contributed by atoms with Crippen molar-refractivity contribution in [3.63, 3.8) is 0 Å². The first kappa shape index (κ1) is 16.9. The van der Waals surface area contributed by atoms with Gasteiger partial charge in [-0.3, -0.25) is 0 Å². The van der Waals surface area contributed by atoms with E-state index in [1.165, 1.54) is 0 Å². The average Bonchev–Trinajstić information content (AvgIpc) is 2.47. The van der Waals surface area contributed by atoms with Gasteiger partial charge in [-0.1, -0.05) is 30.3 Å². The molecule has 0 aromatic heterocycles. The highest BCUT2D eigenvalue weighted by Crippen LogP contribution is 2.14. The van der Waals surface area contributed by atoms with E-state index in [1.807, 2.05) is 30.3 Å². The Hall–Kier alpha value is -1.44. The van der Waals surface area contributed by atoms with Crippen molar-refractivity contribution in [3.05, 3.63) is 65.7 Å². The normalized spacial score (nSPS) is 11.5. The summed E-state index contributed by atoms with van der Waals surface area (Å²) in [5, 5.41) is 0. The minimum absolute atomic E-state index is 0.192. The van der Waals surface area contributed by atoms with Crippen LogP contribution in [0.1, 0.15) is 5.56 Å². The van der Waals surface area contributed by atoms with Gasteiger partial charge >= 0.3 is 0 Å². The smallest absolute Gasteiger partial charge is 0.210 e. The minimum Gasteiger partial charge on any atom is -0.210 e. The summed E-state index contributed by atoms with van der Waals surface area (Å²) in [6.07, 6.45) is 0. The number of rotatable bonds is 7. The number of halogens is 2. The zero-order chi connectivity index (χ0) is 16.0. The van der Waals surface area contributed by atoms with Crippen LogP contribution < -0.4 is 4.72 Å². The molecule has 1 N–H and O–H groups in total. The van der Waals surface area contributed by atoms with Gasteiger partial charge in [0.25, 0.3) is 0 Å². The molecule has 0 saturated carbocycles. The molecule has 3 nitrogen and oxygen atoms in total. The predicted octanol–water partition coefficient (Wildman–Crippen LogP) is 3.18. The third-order valence-corrected chi connectivity index (χ3v) is 5.27. The van der Waals surface area contributed by atoms with Crippen LogP contribution in [0.15, 0.2) is 53.4 Å². The molecule has 118 valence electrons. The molecule has 0 amide bonds. The second kappa shape index (κ2) is 7.71. The summed E-state index contributed by atoms with van der Waals surface area (Å²) in [6, 6.07) is 12.0. The standard InChI is InChI=1S/C15H15F2NO2S2/c16-13-8-14(17)10-15(9-13)22(19,20)18-6-7-21-11-12-4-2-1-3-5-12/h1-5,8-10,18H,6-7,11H2. The maximum atomic E-state index is 13.1. The molecule has 7 heteroatoms. The van der Waals surface area contributed by atoms with Crippen molar-refractivity contribution in [2.24, 2.45) is 0 Å². The lowest BCUT2D eigenvalue weighted by atomic mass is 10.2. The van der Waals surface area contributed by atoms with Crippen molar-refractivity contribution in [3.8, 4) is 0 Å². The Bertz CT molecular complexity index is 701. The van der Waals surface area contributed by atoms with Crippen LogP contribution in [0.25, 0.3) is 0 Å². The summed E-state index contributed by atoms with van der Waals surface area (Å²) < 4.78 is 52.3. The fourth-order valence-electron chi connectivity index (χ4n) is 1.78. The van der Waals surface area contributed by atoms with E-state index in [4.69, 9.17) is 0 Å². The number of hydrogen-bond donors (Lipinski definition) is 1. The molecule has 0 heterocycles. The Morgan fingerprint density at radius 2 is 1.64 bits per heavy atom. The molecular formula is C15H15F2NO2S2. The summed E-state index contributed by atoms with van der Waals surface area (Å²) in [5.41, 5.74) is 1.16. The van der Waals surface area contributed by atoms with Gasteiger partial charge in [-0.25, -0.2) is 21.9 Å². The Morgan fingerprint density at radius 3 is 2.27 bits per heavy atom. The first-order valence-electron chi connectivity index (χ1n) is 6.55. The quantitative estimate of drug-likeness (QED) is 0.786. The number of thioether (sulfide) groups is 1. The van der Waals surface area contributed by atoms with Crippen LogP contribution in [0.3, 0.4) is 0 Å². The first-order chi connectivity index (χ1) is 10.5. The van der Waals surface area contributed by atoms with E-state index < -0.39 is 26.6 Å². The molecule has 2 aromatic rings. The summed E-state index contributed by atoms with van der Waals surface area (Å²) >= 11 is 1.57. The first-order valence-corrected chi connectivity index (χ1v) is 9.18. The topological polar surface area (TPSA) is 46.2 Å². The van der Waals surface area contributed by atoms with Crippen LogP contribution >= 0.6 is 11.8 Å². The van der Waals surface area contributed by atoms with Crippen molar-refractivity contribution < 1.29 is 17.2 Å². The second-order valence-electron chi connectivity index (χ2n) is 4.54. The van der Waals surface area contributed by atoms with Crippen LogP contribution in [0.4, 0.5) is 8.78 Å². The highest BCUT2D eigenvalue weighted by atomic mass is 32.2. The zero-order valence-corrected chi connectivity index (χ0v) is 13.3. The molecule has 2 aromatic carbocycles. The van der Waals surface area contributed by atoms with E-state index in [-0.39, 0.29) is 6.54 Å². The molecule has 0 saturated heterocycles. The Labute approximate surface area is 132 Å². The Kier molecular flexibility index (Phi) is 5.93. The maximum absolute atomic E-state index is 13.1. The van der Waals surface area contributed by atoms with Gasteiger partial charge in [0, 0.05) is 24.1 Å². The van der Waals surface area contributed by atoms with Gasteiger partial charge in [0.05, 0.1) is 4.90 Å². The highest BCUT2D eigenvalue weighted by Gasteiger charge is 2.15. The summed E-state index contributed by atoms with van der Waals surface area (Å²) in [7, 11) is -3.89. The van der Waals surface area contributed by atoms with Crippen molar-refractivity contribution in [1.82, 2.24) is 4.72 Å². The third-order valence-electron chi connectivity index (χ3n) is 2.80.